The van der Waals surface area contributed by atoms with E-state index < -0.39 is 23.0 Å². The monoisotopic (exact) mass is 418 g/mol. The van der Waals surface area contributed by atoms with Crippen molar-refractivity contribution in [3.63, 3.8) is 0 Å². The van der Waals surface area contributed by atoms with Crippen LogP contribution < -0.4 is 10.7 Å². The molecule has 0 heterocycles. The van der Waals surface area contributed by atoms with E-state index in [1.807, 2.05) is 6.07 Å². The van der Waals surface area contributed by atoms with E-state index in [1.165, 1.54) is 24.4 Å². The number of halogens is 1. The lowest BCUT2D eigenvalue weighted by Gasteiger charge is -2.18. The minimum atomic E-state index is -0.633. The number of hydrazone groups is 1. The van der Waals surface area contributed by atoms with E-state index in [4.69, 9.17) is 16.3 Å². The molecule has 0 aliphatic carbocycles. The number of nitro benzene ring substituents is 1. The standard InChI is InChI=1S/C19H19ClN4O5/c1-2-29-19(26)22-16(14-6-4-3-5-7-14)11-18(25)23-21-12-13-8-9-15(20)17(10-13)24(27)28/h3-10,12,16H,2,11H2,1H3,(H,22,26)(H,23,25)/b21-12-/t16-/m1/s1. The van der Waals surface area contributed by atoms with Gasteiger partial charge in [0.2, 0.25) is 5.91 Å². The number of alkyl carbamates (subject to hydrolysis) is 1. The molecule has 0 radical (unpaired) electrons. The first-order valence-electron chi connectivity index (χ1n) is 8.64. The normalized spacial score (nSPS) is 11.7. The number of nitrogens with zero attached hydrogens (tertiary/aromatic N) is 2. The molecule has 0 aliphatic heterocycles. The predicted molar refractivity (Wildman–Crippen MR) is 108 cm³/mol. The first-order chi connectivity index (χ1) is 13.9. The molecule has 0 saturated carbocycles. The van der Waals surface area contributed by atoms with E-state index >= 15 is 0 Å². The fraction of sp³-hybridized carbons (Fsp3) is 0.211. The number of hydrogen-bond acceptors (Lipinski definition) is 6. The third kappa shape index (κ3) is 6.89. The molecule has 0 aliphatic rings. The van der Waals surface area contributed by atoms with Crippen molar-refractivity contribution in [1.82, 2.24) is 10.7 Å². The van der Waals surface area contributed by atoms with Crippen LogP contribution in [0, 0.1) is 10.1 Å². The quantitative estimate of drug-likeness (QED) is 0.385. The summed E-state index contributed by atoms with van der Waals surface area (Å²) in [5.41, 5.74) is 3.20. The molecule has 29 heavy (non-hydrogen) atoms. The van der Waals surface area contributed by atoms with Crippen molar-refractivity contribution in [3.8, 4) is 0 Å². The fourth-order valence-corrected chi connectivity index (χ4v) is 2.60. The minimum Gasteiger partial charge on any atom is -0.450 e. The molecule has 2 rings (SSSR count). The smallest absolute Gasteiger partial charge is 0.407 e. The highest BCUT2D eigenvalue weighted by Crippen LogP contribution is 2.24. The van der Waals surface area contributed by atoms with Crippen LogP contribution in [0.2, 0.25) is 5.02 Å². The van der Waals surface area contributed by atoms with E-state index in [0.29, 0.717) is 5.56 Å². The number of carbonyl (C=O) groups excluding carboxylic acids is 2. The second kappa shape index (κ2) is 10.8. The molecule has 9 nitrogen and oxygen atoms in total. The van der Waals surface area contributed by atoms with Crippen LogP contribution in [0.4, 0.5) is 10.5 Å². The maximum atomic E-state index is 12.2. The molecular formula is C19H19ClN4O5. The second-order valence-electron chi connectivity index (χ2n) is 5.79. The van der Waals surface area contributed by atoms with Crippen molar-refractivity contribution in [2.75, 3.05) is 6.61 Å². The summed E-state index contributed by atoms with van der Waals surface area (Å²) in [6.45, 7) is 1.89. The number of hydrogen-bond donors (Lipinski definition) is 2. The van der Waals surface area contributed by atoms with Gasteiger partial charge in [-0.05, 0) is 18.6 Å². The molecule has 0 unspecified atom stereocenters. The van der Waals surface area contributed by atoms with Crippen LogP contribution in [0.5, 0.6) is 0 Å². The molecule has 0 bridgehead atoms. The molecular weight excluding hydrogens is 400 g/mol. The SMILES string of the molecule is CCOC(=O)N[C@H](CC(=O)N/N=C\c1ccc(Cl)c([N+](=O)[O-])c1)c1ccccc1. The van der Waals surface area contributed by atoms with Crippen molar-refractivity contribution in [2.24, 2.45) is 5.10 Å². The summed E-state index contributed by atoms with van der Waals surface area (Å²) in [5, 5.41) is 17.4. The van der Waals surface area contributed by atoms with Crippen molar-refractivity contribution < 1.29 is 19.2 Å². The molecule has 1 atom stereocenters. The lowest BCUT2D eigenvalue weighted by atomic mass is 10.0. The largest absolute Gasteiger partial charge is 0.450 e. The van der Waals surface area contributed by atoms with Gasteiger partial charge in [0.1, 0.15) is 5.02 Å². The molecule has 2 aromatic rings. The minimum absolute atomic E-state index is 0.00642. The van der Waals surface area contributed by atoms with Gasteiger partial charge in [0.25, 0.3) is 5.69 Å². The van der Waals surface area contributed by atoms with Gasteiger partial charge in [-0.3, -0.25) is 14.9 Å². The van der Waals surface area contributed by atoms with Crippen LogP contribution in [0.3, 0.4) is 0 Å². The molecule has 2 amide bonds. The average molecular weight is 419 g/mol. The zero-order chi connectivity index (χ0) is 21.2. The van der Waals surface area contributed by atoms with Gasteiger partial charge in [-0.1, -0.05) is 48.0 Å². The Morgan fingerprint density at radius 3 is 2.66 bits per heavy atom. The molecule has 0 saturated heterocycles. The van der Waals surface area contributed by atoms with Crippen molar-refractivity contribution in [3.05, 3.63) is 74.8 Å². The average Bonchev–Trinajstić information content (AvgIpc) is 2.69. The molecule has 0 aromatic heterocycles. The Labute approximate surface area is 171 Å². The topological polar surface area (TPSA) is 123 Å². The molecule has 10 heteroatoms. The zero-order valence-electron chi connectivity index (χ0n) is 15.5. The van der Waals surface area contributed by atoms with Crippen LogP contribution in [-0.4, -0.2) is 29.7 Å². The first-order valence-corrected chi connectivity index (χ1v) is 9.02. The van der Waals surface area contributed by atoms with Gasteiger partial charge in [0.05, 0.1) is 30.2 Å². The number of nitrogens with one attached hydrogen (secondary N) is 2. The number of amides is 2. The summed E-state index contributed by atoms with van der Waals surface area (Å²) < 4.78 is 4.88. The van der Waals surface area contributed by atoms with Crippen LogP contribution in [0.1, 0.15) is 30.5 Å². The maximum Gasteiger partial charge on any atom is 0.407 e. The summed E-state index contributed by atoms with van der Waals surface area (Å²) in [6, 6.07) is 12.5. The summed E-state index contributed by atoms with van der Waals surface area (Å²) in [6.07, 6.45) is 0.546. The van der Waals surface area contributed by atoms with Crippen molar-refractivity contribution in [1.29, 1.82) is 0 Å². The number of benzene rings is 2. The van der Waals surface area contributed by atoms with E-state index in [0.717, 1.165) is 5.56 Å². The van der Waals surface area contributed by atoms with Crippen LogP contribution in [0.15, 0.2) is 53.6 Å². The number of carbonyl (C=O) groups is 2. The Kier molecular flexibility index (Phi) is 8.11. The van der Waals surface area contributed by atoms with Crippen LogP contribution in [-0.2, 0) is 9.53 Å². The van der Waals surface area contributed by atoms with Gasteiger partial charge in [-0.15, -0.1) is 0 Å². The third-order valence-electron chi connectivity index (χ3n) is 3.73. The van der Waals surface area contributed by atoms with Gasteiger partial charge in [0.15, 0.2) is 0 Å². The van der Waals surface area contributed by atoms with Crippen molar-refractivity contribution >= 4 is 35.5 Å². The number of nitro groups is 1. The van der Waals surface area contributed by atoms with E-state index in [2.05, 4.69) is 15.8 Å². The van der Waals surface area contributed by atoms with Gasteiger partial charge < -0.3 is 10.1 Å². The summed E-state index contributed by atoms with van der Waals surface area (Å²) in [7, 11) is 0. The Hall–Kier alpha value is -3.46. The Morgan fingerprint density at radius 2 is 2.00 bits per heavy atom. The second-order valence-corrected chi connectivity index (χ2v) is 6.20. The maximum absolute atomic E-state index is 12.2. The van der Waals surface area contributed by atoms with Gasteiger partial charge in [0, 0.05) is 11.6 Å². The summed E-state index contributed by atoms with van der Waals surface area (Å²) in [5.74, 6) is -0.463. The van der Waals surface area contributed by atoms with Gasteiger partial charge >= 0.3 is 6.09 Å². The fourth-order valence-electron chi connectivity index (χ4n) is 2.41. The molecule has 152 valence electrons. The lowest BCUT2D eigenvalue weighted by Crippen LogP contribution is -2.33. The van der Waals surface area contributed by atoms with Crippen molar-refractivity contribution in [2.45, 2.75) is 19.4 Å². The van der Waals surface area contributed by atoms with Crippen LogP contribution in [0.25, 0.3) is 0 Å². The zero-order valence-corrected chi connectivity index (χ0v) is 16.3. The lowest BCUT2D eigenvalue weighted by molar-refractivity contribution is -0.384. The predicted octanol–water partition coefficient (Wildman–Crippen LogP) is 3.58. The van der Waals surface area contributed by atoms with Crippen LogP contribution >= 0.6 is 11.6 Å². The third-order valence-corrected chi connectivity index (χ3v) is 4.05. The van der Waals surface area contributed by atoms with Gasteiger partial charge in [-0.25, -0.2) is 10.2 Å². The Bertz CT molecular complexity index is 905. The highest BCUT2D eigenvalue weighted by molar-refractivity contribution is 6.32. The van der Waals surface area contributed by atoms with E-state index in [9.17, 15) is 19.7 Å². The molecule has 0 fully saturated rings. The highest BCUT2D eigenvalue weighted by atomic mass is 35.5. The van der Waals surface area contributed by atoms with E-state index in [-0.39, 0.29) is 23.7 Å². The molecule has 2 N–H and O–H groups in total. The molecule has 0 spiro atoms. The van der Waals surface area contributed by atoms with Gasteiger partial charge in [-0.2, -0.15) is 5.10 Å². The summed E-state index contributed by atoms with van der Waals surface area (Å²) in [4.78, 5) is 34.3. The Morgan fingerprint density at radius 1 is 1.28 bits per heavy atom. The van der Waals surface area contributed by atoms with E-state index in [1.54, 1.807) is 31.2 Å². The molecule has 2 aromatic carbocycles. The number of ether oxygens (including phenoxy) is 1. The highest BCUT2D eigenvalue weighted by Gasteiger charge is 2.19. The Balaban J connectivity index is 2.02. The number of rotatable bonds is 8. The first kappa shape index (κ1) is 21.8. The summed E-state index contributed by atoms with van der Waals surface area (Å²) >= 11 is 5.75.